The van der Waals surface area contributed by atoms with Crippen molar-refractivity contribution in [3.8, 4) is 11.3 Å². The summed E-state index contributed by atoms with van der Waals surface area (Å²) in [5.41, 5.74) is 1.73. The molecule has 0 spiro atoms. The second kappa shape index (κ2) is 8.94. The monoisotopic (exact) mass is 535 g/mol. The number of hydrogen-bond acceptors (Lipinski definition) is 6. The van der Waals surface area contributed by atoms with E-state index >= 15 is 4.39 Å². The van der Waals surface area contributed by atoms with Crippen molar-refractivity contribution in [1.82, 2.24) is 29.3 Å². The van der Waals surface area contributed by atoms with E-state index in [1.54, 1.807) is 23.7 Å². The van der Waals surface area contributed by atoms with Crippen molar-refractivity contribution in [2.75, 3.05) is 5.32 Å². The van der Waals surface area contributed by atoms with Gasteiger partial charge in [-0.1, -0.05) is 11.6 Å². The van der Waals surface area contributed by atoms with Crippen LogP contribution >= 0.6 is 11.6 Å². The number of nitrogens with one attached hydrogen (secondary N) is 3. The van der Waals surface area contributed by atoms with Crippen molar-refractivity contribution in [3.05, 3.63) is 41.2 Å². The number of carbonyl (C=O) groups excluding carboxylic acids is 1. The van der Waals surface area contributed by atoms with Gasteiger partial charge >= 0.3 is 0 Å². The van der Waals surface area contributed by atoms with Crippen molar-refractivity contribution in [1.29, 1.82) is 0 Å². The summed E-state index contributed by atoms with van der Waals surface area (Å²) in [7, 11) is 0. The molecule has 3 heterocycles. The van der Waals surface area contributed by atoms with E-state index in [1.807, 2.05) is 20.8 Å². The van der Waals surface area contributed by atoms with Crippen molar-refractivity contribution in [2.45, 2.75) is 51.1 Å². The summed E-state index contributed by atoms with van der Waals surface area (Å²) in [5, 5.41) is 9.90. The summed E-state index contributed by atoms with van der Waals surface area (Å²) in [6, 6.07) is -0.634. The fourth-order valence-corrected chi connectivity index (χ4v) is 5.03. The summed E-state index contributed by atoms with van der Waals surface area (Å²) in [6.45, 7) is 7.16. The van der Waals surface area contributed by atoms with E-state index in [0.717, 1.165) is 0 Å². The van der Waals surface area contributed by atoms with Gasteiger partial charge in [0.2, 0.25) is 5.91 Å². The molecule has 3 aromatic heterocycles. The van der Waals surface area contributed by atoms with E-state index in [4.69, 9.17) is 11.6 Å². The lowest BCUT2D eigenvalue weighted by Gasteiger charge is -2.27. The van der Waals surface area contributed by atoms with Crippen LogP contribution in [0.4, 0.5) is 14.6 Å². The summed E-state index contributed by atoms with van der Waals surface area (Å²) >= 11 is 5.10. The van der Waals surface area contributed by atoms with Gasteiger partial charge in [-0.05, 0) is 34.1 Å². The quantitative estimate of drug-likeness (QED) is 0.313. The van der Waals surface area contributed by atoms with Gasteiger partial charge in [-0.15, -0.1) is 4.72 Å². The molecule has 3 N–H and O–H groups in total. The number of hydrogen-bond donors (Lipinski definition) is 3. The Morgan fingerprint density at radius 1 is 1.36 bits per heavy atom. The summed E-state index contributed by atoms with van der Waals surface area (Å²) in [6.07, 6.45) is 5.26. The molecule has 0 aliphatic heterocycles. The maximum Gasteiger partial charge on any atom is 0.231 e. The number of benzene rings is 1. The van der Waals surface area contributed by atoms with Gasteiger partial charge < -0.3 is 14.3 Å². The van der Waals surface area contributed by atoms with Gasteiger partial charge in [-0.3, -0.25) is 14.9 Å². The van der Waals surface area contributed by atoms with Gasteiger partial charge in [-0.25, -0.2) is 13.8 Å². The first-order valence-electron chi connectivity index (χ1n) is 11.3. The predicted octanol–water partition coefficient (Wildman–Crippen LogP) is 4.47. The van der Waals surface area contributed by atoms with Gasteiger partial charge in [0.15, 0.2) is 11.5 Å². The van der Waals surface area contributed by atoms with Crippen molar-refractivity contribution >= 4 is 51.2 Å². The van der Waals surface area contributed by atoms with Crippen LogP contribution in [0.1, 0.15) is 45.7 Å². The molecular formula is C23H24ClF2N7O2S. The molecule has 0 saturated heterocycles. The highest BCUT2D eigenvalue weighted by atomic mass is 35.5. The van der Waals surface area contributed by atoms with E-state index in [2.05, 4.69) is 30.2 Å². The van der Waals surface area contributed by atoms with Crippen LogP contribution in [-0.4, -0.2) is 45.9 Å². The summed E-state index contributed by atoms with van der Waals surface area (Å²) in [4.78, 5) is 20.7. The molecule has 0 radical (unpaired) electrons. The van der Waals surface area contributed by atoms with Gasteiger partial charge in [0.1, 0.15) is 16.7 Å². The summed E-state index contributed by atoms with van der Waals surface area (Å²) in [5.74, 6) is -1.49. The Hall–Kier alpha value is -2.80. The van der Waals surface area contributed by atoms with Crippen LogP contribution < -0.4 is 10.0 Å². The Balaban J connectivity index is 1.52. The molecule has 1 unspecified atom stereocenters. The van der Waals surface area contributed by atoms with Crippen LogP contribution in [0.15, 0.2) is 24.8 Å². The molecular weight excluding hydrogens is 512 g/mol. The van der Waals surface area contributed by atoms with E-state index in [-0.39, 0.29) is 22.8 Å². The zero-order valence-electron chi connectivity index (χ0n) is 19.9. The molecule has 1 aromatic carbocycles. The van der Waals surface area contributed by atoms with E-state index in [0.29, 0.717) is 27.8 Å². The van der Waals surface area contributed by atoms with Gasteiger partial charge in [-0.2, -0.15) is 5.10 Å². The number of aromatic amines is 1. The molecule has 1 fully saturated rings. The molecule has 36 heavy (non-hydrogen) atoms. The lowest BCUT2D eigenvalue weighted by molar-refractivity contribution is -0.117. The fourth-order valence-electron chi connectivity index (χ4n) is 3.93. The Labute approximate surface area is 213 Å². The first kappa shape index (κ1) is 24.9. The Morgan fingerprint density at radius 3 is 2.75 bits per heavy atom. The highest BCUT2D eigenvalue weighted by Crippen LogP contribution is 2.41. The molecule has 4 aromatic rings. The van der Waals surface area contributed by atoms with Crippen molar-refractivity contribution < 1.29 is 18.1 Å². The number of amides is 1. The van der Waals surface area contributed by atoms with E-state index in [9.17, 15) is 13.7 Å². The van der Waals surface area contributed by atoms with Crippen LogP contribution in [0.5, 0.6) is 0 Å². The smallest absolute Gasteiger partial charge is 0.231 e. The number of H-pyrrole nitrogens is 1. The largest absolute Gasteiger partial charge is 0.598 e. The second-order valence-corrected chi connectivity index (χ2v) is 12.2. The Kier molecular flexibility index (Phi) is 6.18. The number of alkyl halides is 1. The van der Waals surface area contributed by atoms with Gasteiger partial charge in [0.25, 0.3) is 0 Å². The molecule has 5 rings (SSSR count). The zero-order chi connectivity index (χ0) is 25.9. The van der Waals surface area contributed by atoms with E-state index in [1.165, 1.54) is 12.4 Å². The first-order valence-corrected chi connectivity index (χ1v) is 12.8. The lowest BCUT2D eigenvalue weighted by atomic mass is 9.99. The minimum absolute atomic E-state index is 0.155. The summed E-state index contributed by atoms with van der Waals surface area (Å²) < 4.78 is 45.5. The number of fused-ring (bicyclic) bond motifs is 2. The standard InChI is InChI=1S/C23H24ClF2N7O2S/c1-10(32-36(35)23(2,3)4)17-20(26)19(24)18(12-6-28-31-21(12)17)14-8-33-9-15(29-16(33)7-27-14)30-22(34)11-5-13(11)25/h6-11,13,32H,5H2,1-4H3,(H,28,31)(H,30,34)/t10?,11-,13+,36-/m1/s1. The fraction of sp³-hybridized carbons (Fsp3) is 0.391. The minimum atomic E-state index is -1.44. The second-order valence-electron chi connectivity index (χ2n) is 9.81. The normalized spacial score (nSPS) is 19.6. The maximum absolute atomic E-state index is 15.7. The van der Waals surface area contributed by atoms with Crippen LogP contribution in [-0.2, 0) is 16.2 Å². The SMILES string of the molecule is CC(N[S@+]([O-])C(C)(C)C)c1c(F)c(Cl)c(-c2cn3cc(NC(=O)[C@@H]4C[C@@H]4F)nc3cn2)c2cn[nH]c12. The van der Waals surface area contributed by atoms with Crippen LogP contribution in [0.2, 0.25) is 5.02 Å². The molecule has 4 atom stereocenters. The number of rotatable bonds is 6. The van der Waals surface area contributed by atoms with E-state index < -0.39 is 46.0 Å². The van der Waals surface area contributed by atoms with Gasteiger partial charge in [0, 0.05) is 34.1 Å². The third-order valence-corrected chi connectivity index (χ3v) is 8.03. The molecule has 13 heteroatoms. The Morgan fingerprint density at radius 2 is 2.08 bits per heavy atom. The molecule has 0 bridgehead atoms. The predicted molar refractivity (Wildman–Crippen MR) is 134 cm³/mol. The zero-order valence-corrected chi connectivity index (χ0v) is 21.5. The van der Waals surface area contributed by atoms with Crippen LogP contribution in [0.25, 0.3) is 27.8 Å². The average Bonchev–Trinajstić information content (AvgIpc) is 3.16. The van der Waals surface area contributed by atoms with Crippen molar-refractivity contribution in [3.63, 3.8) is 0 Å². The van der Waals surface area contributed by atoms with Gasteiger partial charge in [0.05, 0.1) is 46.8 Å². The third-order valence-electron chi connectivity index (χ3n) is 6.00. The lowest BCUT2D eigenvalue weighted by Crippen LogP contribution is -2.40. The highest BCUT2D eigenvalue weighted by molar-refractivity contribution is 7.90. The van der Waals surface area contributed by atoms with Crippen molar-refractivity contribution in [2.24, 2.45) is 5.92 Å². The topological polar surface area (TPSA) is 123 Å². The maximum atomic E-state index is 15.7. The molecule has 9 nitrogen and oxygen atoms in total. The molecule has 1 aliphatic carbocycles. The minimum Gasteiger partial charge on any atom is -0.598 e. The first-order chi connectivity index (χ1) is 17.0. The molecule has 190 valence electrons. The Bertz CT molecular complexity index is 1480. The number of aromatic nitrogens is 5. The number of nitrogens with zero attached hydrogens (tertiary/aromatic N) is 4. The average molecular weight is 536 g/mol. The molecule has 1 saturated carbocycles. The number of carbonyl (C=O) groups is 1. The third kappa shape index (κ3) is 4.42. The highest BCUT2D eigenvalue weighted by Gasteiger charge is 2.43. The molecule has 1 amide bonds. The van der Waals surface area contributed by atoms with Crippen LogP contribution in [0, 0.1) is 11.7 Å². The number of anilines is 1. The van der Waals surface area contributed by atoms with Crippen LogP contribution in [0.3, 0.4) is 0 Å². The number of halogens is 3. The molecule has 1 aliphatic rings. The number of imidazole rings is 1.